The number of hydrogen-bond donors (Lipinski definition) is 3. The Hall–Kier alpha value is -2.96. The fourth-order valence-electron chi connectivity index (χ4n) is 2.07. The number of H-pyrrole nitrogens is 1. The van der Waals surface area contributed by atoms with Crippen LogP contribution in [0.2, 0.25) is 0 Å². The summed E-state index contributed by atoms with van der Waals surface area (Å²) in [6.45, 7) is 0.123. The van der Waals surface area contributed by atoms with Gasteiger partial charge in [-0.25, -0.2) is 18.6 Å². The number of carboxylic acid groups (broad SMARTS) is 1. The maximum atomic E-state index is 13.5. The van der Waals surface area contributed by atoms with Crippen LogP contribution in [0.3, 0.4) is 0 Å². The molecule has 0 spiro atoms. The third-order valence-electron chi connectivity index (χ3n) is 3.19. The number of nitrogens with zero attached hydrogens (tertiary/aromatic N) is 1. The van der Waals surface area contributed by atoms with Crippen molar-refractivity contribution in [1.29, 1.82) is 0 Å². The van der Waals surface area contributed by atoms with Gasteiger partial charge in [0, 0.05) is 18.2 Å². The molecular formula is C15H11F2N3O2. The standard InChI is InChI=1S/C15H11F2N3O2/c16-10-3-1-9(11(17)6-10)7-18-15-19-12-4-2-8(14(21)22)5-13(12)20-15/h1-6H,7H2,(H,21,22)(H2,18,19,20). The molecule has 0 aliphatic rings. The predicted molar refractivity (Wildman–Crippen MR) is 76.7 cm³/mol. The molecule has 0 saturated heterocycles. The van der Waals surface area contributed by atoms with E-state index in [4.69, 9.17) is 5.11 Å². The van der Waals surface area contributed by atoms with E-state index < -0.39 is 17.6 Å². The van der Waals surface area contributed by atoms with Crippen LogP contribution in [0.15, 0.2) is 36.4 Å². The number of rotatable bonds is 4. The Morgan fingerprint density at radius 3 is 2.77 bits per heavy atom. The summed E-state index contributed by atoms with van der Waals surface area (Å²) in [5, 5.41) is 11.8. The van der Waals surface area contributed by atoms with Gasteiger partial charge in [-0.2, -0.15) is 0 Å². The van der Waals surface area contributed by atoms with E-state index in [0.29, 0.717) is 22.5 Å². The van der Waals surface area contributed by atoms with E-state index >= 15 is 0 Å². The fourth-order valence-corrected chi connectivity index (χ4v) is 2.07. The van der Waals surface area contributed by atoms with Crippen molar-refractivity contribution in [2.75, 3.05) is 5.32 Å². The number of imidazole rings is 1. The number of benzene rings is 2. The van der Waals surface area contributed by atoms with Crippen molar-refractivity contribution in [2.24, 2.45) is 0 Å². The van der Waals surface area contributed by atoms with Gasteiger partial charge in [0.05, 0.1) is 16.6 Å². The number of fused-ring (bicyclic) bond motifs is 1. The van der Waals surface area contributed by atoms with Crippen LogP contribution in [0.1, 0.15) is 15.9 Å². The summed E-state index contributed by atoms with van der Waals surface area (Å²) in [5.41, 5.74) is 1.59. The number of aromatic amines is 1. The van der Waals surface area contributed by atoms with E-state index in [2.05, 4.69) is 15.3 Å². The minimum absolute atomic E-state index is 0.123. The third kappa shape index (κ3) is 2.73. The fraction of sp³-hybridized carbons (Fsp3) is 0.0667. The molecule has 0 bridgehead atoms. The van der Waals surface area contributed by atoms with Gasteiger partial charge in [-0.3, -0.25) is 0 Å². The van der Waals surface area contributed by atoms with Gasteiger partial charge in [0.2, 0.25) is 5.95 Å². The Morgan fingerprint density at radius 2 is 2.05 bits per heavy atom. The second-order valence-electron chi connectivity index (χ2n) is 4.71. The Labute approximate surface area is 123 Å². The van der Waals surface area contributed by atoms with Crippen molar-refractivity contribution >= 4 is 23.0 Å². The molecule has 3 N–H and O–H groups in total. The lowest BCUT2D eigenvalue weighted by Gasteiger charge is -2.04. The highest BCUT2D eigenvalue weighted by Crippen LogP contribution is 2.17. The molecule has 3 rings (SSSR count). The van der Waals surface area contributed by atoms with Gasteiger partial charge in [0.15, 0.2) is 0 Å². The number of aromatic nitrogens is 2. The Bertz CT molecular complexity index is 861. The molecule has 0 fully saturated rings. The summed E-state index contributed by atoms with van der Waals surface area (Å²) in [5.74, 6) is -1.93. The van der Waals surface area contributed by atoms with Crippen LogP contribution < -0.4 is 5.32 Å². The molecule has 2 aromatic carbocycles. The first-order valence-electron chi connectivity index (χ1n) is 6.44. The molecule has 0 aliphatic carbocycles. The minimum Gasteiger partial charge on any atom is -0.478 e. The number of nitrogens with one attached hydrogen (secondary N) is 2. The van der Waals surface area contributed by atoms with Crippen LogP contribution in [0, 0.1) is 11.6 Å². The molecule has 3 aromatic rings. The van der Waals surface area contributed by atoms with Gasteiger partial charge in [0.1, 0.15) is 11.6 Å². The maximum absolute atomic E-state index is 13.5. The van der Waals surface area contributed by atoms with Crippen LogP contribution in [-0.2, 0) is 6.54 Å². The van der Waals surface area contributed by atoms with Crippen molar-refractivity contribution in [3.8, 4) is 0 Å². The molecule has 7 heteroatoms. The number of anilines is 1. The van der Waals surface area contributed by atoms with Crippen LogP contribution in [-0.4, -0.2) is 21.0 Å². The molecule has 0 radical (unpaired) electrons. The van der Waals surface area contributed by atoms with Gasteiger partial charge in [-0.1, -0.05) is 6.07 Å². The minimum atomic E-state index is -1.03. The number of hydrogen-bond acceptors (Lipinski definition) is 3. The lowest BCUT2D eigenvalue weighted by Crippen LogP contribution is -2.03. The summed E-state index contributed by atoms with van der Waals surface area (Å²) in [6, 6.07) is 7.84. The van der Waals surface area contributed by atoms with Gasteiger partial charge in [0.25, 0.3) is 0 Å². The Morgan fingerprint density at radius 1 is 1.23 bits per heavy atom. The van der Waals surface area contributed by atoms with E-state index in [1.54, 1.807) is 6.07 Å². The zero-order valence-corrected chi connectivity index (χ0v) is 11.2. The first kappa shape index (κ1) is 14.0. The molecule has 1 aromatic heterocycles. The topological polar surface area (TPSA) is 78.0 Å². The number of carbonyl (C=O) groups is 1. The van der Waals surface area contributed by atoms with E-state index in [9.17, 15) is 13.6 Å². The van der Waals surface area contributed by atoms with E-state index in [0.717, 1.165) is 6.07 Å². The maximum Gasteiger partial charge on any atom is 0.335 e. The number of carboxylic acids is 1. The number of halogens is 2. The highest BCUT2D eigenvalue weighted by atomic mass is 19.1. The molecule has 0 unspecified atom stereocenters. The van der Waals surface area contributed by atoms with Crippen LogP contribution in [0.4, 0.5) is 14.7 Å². The molecule has 112 valence electrons. The Kier molecular flexibility index (Phi) is 3.46. The lowest BCUT2D eigenvalue weighted by atomic mass is 10.2. The summed E-state index contributed by atoms with van der Waals surface area (Å²) in [4.78, 5) is 18.0. The molecular weight excluding hydrogens is 292 g/mol. The molecule has 5 nitrogen and oxygen atoms in total. The van der Waals surface area contributed by atoms with E-state index in [-0.39, 0.29) is 12.1 Å². The molecule has 22 heavy (non-hydrogen) atoms. The molecule has 0 aliphatic heterocycles. The van der Waals surface area contributed by atoms with Crippen LogP contribution in [0.5, 0.6) is 0 Å². The van der Waals surface area contributed by atoms with Gasteiger partial charge in [-0.05, 0) is 24.3 Å². The highest BCUT2D eigenvalue weighted by Gasteiger charge is 2.08. The van der Waals surface area contributed by atoms with Crippen molar-refractivity contribution < 1.29 is 18.7 Å². The van der Waals surface area contributed by atoms with Crippen molar-refractivity contribution in [3.05, 3.63) is 59.2 Å². The summed E-state index contributed by atoms with van der Waals surface area (Å²) < 4.78 is 26.4. The van der Waals surface area contributed by atoms with E-state index in [1.807, 2.05) is 0 Å². The smallest absolute Gasteiger partial charge is 0.335 e. The summed E-state index contributed by atoms with van der Waals surface area (Å²) in [6.07, 6.45) is 0. The largest absolute Gasteiger partial charge is 0.478 e. The van der Waals surface area contributed by atoms with Crippen LogP contribution in [0.25, 0.3) is 11.0 Å². The quantitative estimate of drug-likeness (QED) is 0.692. The lowest BCUT2D eigenvalue weighted by molar-refractivity contribution is 0.0697. The molecule has 0 amide bonds. The van der Waals surface area contributed by atoms with Gasteiger partial charge < -0.3 is 15.4 Å². The second kappa shape index (κ2) is 5.44. The number of aromatic carboxylic acids is 1. The molecule has 0 atom stereocenters. The van der Waals surface area contributed by atoms with Crippen molar-refractivity contribution in [3.63, 3.8) is 0 Å². The van der Waals surface area contributed by atoms with Crippen LogP contribution >= 0.6 is 0 Å². The second-order valence-corrected chi connectivity index (χ2v) is 4.71. The normalized spacial score (nSPS) is 10.8. The monoisotopic (exact) mass is 303 g/mol. The summed E-state index contributed by atoms with van der Waals surface area (Å²) >= 11 is 0. The van der Waals surface area contributed by atoms with Crippen molar-refractivity contribution in [2.45, 2.75) is 6.54 Å². The zero-order valence-electron chi connectivity index (χ0n) is 11.2. The zero-order chi connectivity index (χ0) is 15.7. The van der Waals surface area contributed by atoms with Crippen molar-refractivity contribution in [1.82, 2.24) is 9.97 Å². The Balaban J connectivity index is 1.80. The highest BCUT2D eigenvalue weighted by molar-refractivity contribution is 5.92. The SMILES string of the molecule is O=C(O)c1ccc2nc(NCc3ccc(F)cc3F)[nH]c2c1. The molecule has 0 saturated carbocycles. The first-order valence-corrected chi connectivity index (χ1v) is 6.44. The average molecular weight is 303 g/mol. The third-order valence-corrected chi connectivity index (χ3v) is 3.19. The van der Waals surface area contributed by atoms with E-state index in [1.165, 1.54) is 24.3 Å². The average Bonchev–Trinajstić information content (AvgIpc) is 2.88. The van der Waals surface area contributed by atoms with Gasteiger partial charge >= 0.3 is 5.97 Å². The molecule has 1 heterocycles. The predicted octanol–water partition coefficient (Wildman–Crippen LogP) is 3.15. The summed E-state index contributed by atoms with van der Waals surface area (Å²) in [7, 11) is 0. The van der Waals surface area contributed by atoms with Gasteiger partial charge in [-0.15, -0.1) is 0 Å². The first-order chi connectivity index (χ1) is 10.5.